The van der Waals surface area contributed by atoms with Crippen LogP contribution < -0.4 is 10.2 Å². The summed E-state index contributed by atoms with van der Waals surface area (Å²) in [5.74, 6) is 2.29. The van der Waals surface area contributed by atoms with Gasteiger partial charge in [-0.1, -0.05) is 11.6 Å². The van der Waals surface area contributed by atoms with Gasteiger partial charge in [-0.15, -0.1) is 15.3 Å². The zero-order valence-corrected chi connectivity index (χ0v) is 16.1. The maximum atomic E-state index is 12.5. The van der Waals surface area contributed by atoms with Crippen molar-refractivity contribution in [1.29, 1.82) is 0 Å². The van der Waals surface area contributed by atoms with E-state index < -0.39 is 0 Å². The van der Waals surface area contributed by atoms with Crippen molar-refractivity contribution < 1.29 is 4.79 Å². The molecule has 0 bridgehead atoms. The average molecular weight is 397 g/mol. The van der Waals surface area contributed by atoms with Crippen LogP contribution in [0, 0.1) is 0 Å². The molecular formula is C20H21ClN6O. The largest absolute Gasteiger partial charge is 0.353 e. The number of hydrogen-bond acceptors (Lipinski definition) is 5. The Labute approximate surface area is 167 Å². The molecule has 28 heavy (non-hydrogen) atoms. The van der Waals surface area contributed by atoms with Crippen LogP contribution in [0.5, 0.6) is 0 Å². The Kier molecular flexibility index (Phi) is 4.39. The molecule has 2 aromatic heterocycles. The van der Waals surface area contributed by atoms with Crippen LogP contribution in [0.2, 0.25) is 5.02 Å². The second kappa shape index (κ2) is 7.05. The number of halogens is 1. The molecule has 3 aromatic rings. The van der Waals surface area contributed by atoms with Gasteiger partial charge in [0.05, 0.1) is 0 Å². The van der Waals surface area contributed by atoms with Crippen LogP contribution in [-0.4, -0.2) is 44.8 Å². The van der Waals surface area contributed by atoms with Crippen LogP contribution in [-0.2, 0) is 0 Å². The summed E-state index contributed by atoms with van der Waals surface area (Å²) in [6, 6.07) is 11.0. The Morgan fingerprint density at radius 3 is 2.68 bits per heavy atom. The van der Waals surface area contributed by atoms with Gasteiger partial charge >= 0.3 is 0 Å². The average Bonchev–Trinajstić information content (AvgIpc) is 3.47. The SMILES string of the molecule is O=C(NC1CCCN(c2ccc3nnc(C4CC4)n3n2)C1)c1ccc(Cl)cc1. The zero-order chi connectivity index (χ0) is 19.1. The molecule has 1 aliphatic carbocycles. The highest BCUT2D eigenvalue weighted by molar-refractivity contribution is 6.30. The zero-order valence-electron chi connectivity index (χ0n) is 15.4. The molecule has 8 heteroatoms. The van der Waals surface area contributed by atoms with Gasteiger partial charge in [0.25, 0.3) is 5.91 Å². The molecule has 7 nitrogen and oxygen atoms in total. The first-order valence-corrected chi connectivity index (χ1v) is 10.1. The predicted molar refractivity (Wildman–Crippen MR) is 107 cm³/mol. The van der Waals surface area contributed by atoms with Gasteiger partial charge in [0.15, 0.2) is 11.5 Å². The molecule has 1 aliphatic heterocycles. The van der Waals surface area contributed by atoms with E-state index in [9.17, 15) is 4.79 Å². The van der Waals surface area contributed by atoms with Gasteiger partial charge in [-0.25, -0.2) is 0 Å². The molecule has 1 aromatic carbocycles. The summed E-state index contributed by atoms with van der Waals surface area (Å²) in [7, 11) is 0. The normalized spacial score (nSPS) is 19.8. The molecule has 1 unspecified atom stereocenters. The number of aromatic nitrogens is 4. The lowest BCUT2D eigenvalue weighted by atomic mass is 10.0. The van der Waals surface area contributed by atoms with Gasteiger partial charge in [-0.05, 0) is 62.1 Å². The standard InChI is InChI=1S/C20H21ClN6O/c21-15-7-5-14(6-8-15)20(28)22-16-2-1-11-26(12-16)18-10-9-17-23-24-19(13-3-4-13)27(17)25-18/h5-10,13,16H,1-4,11-12H2,(H,22,28). The van der Waals surface area contributed by atoms with E-state index in [-0.39, 0.29) is 11.9 Å². The van der Waals surface area contributed by atoms with Crippen molar-refractivity contribution >= 4 is 29.0 Å². The van der Waals surface area contributed by atoms with Gasteiger partial charge in [0.1, 0.15) is 5.82 Å². The third-order valence-corrected chi connectivity index (χ3v) is 5.65. The van der Waals surface area contributed by atoms with Crippen LogP contribution >= 0.6 is 11.6 Å². The molecule has 3 heterocycles. The van der Waals surface area contributed by atoms with E-state index in [4.69, 9.17) is 16.7 Å². The lowest BCUT2D eigenvalue weighted by molar-refractivity contribution is 0.0933. The van der Waals surface area contributed by atoms with Crippen molar-refractivity contribution in [3.63, 3.8) is 0 Å². The molecule has 1 saturated heterocycles. The smallest absolute Gasteiger partial charge is 0.251 e. The molecule has 1 atom stereocenters. The van der Waals surface area contributed by atoms with Gasteiger partial charge in [0, 0.05) is 35.6 Å². The summed E-state index contributed by atoms with van der Waals surface area (Å²) in [6.45, 7) is 1.66. The van der Waals surface area contributed by atoms with Crippen LogP contribution in [0.25, 0.3) is 5.65 Å². The highest BCUT2D eigenvalue weighted by Gasteiger charge is 2.30. The number of benzene rings is 1. The number of nitrogens with zero attached hydrogens (tertiary/aromatic N) is 5. The number of piperidine rings is 1. The van der Waals surface area contributed by atoms with Crippen LogP contribution in [0.1, 0.15) is 47.8 Å². The van der Waals surface area contributed by atoms with Crippen LogP contribution in [0.3, 0.4) is 0 Å². The van der Waals surface area contributed by atoms with Crippen molar-refractivity contribution in [3.8, 4) is 0 Å². The second-order valence-corrected chi connectivity index (χ2v) is 8.00. The van der Waals surface area contributed by atoms with E-state index in [2.05, 4.69) is 20.4 Å². The monoisotopic (exact) mass is 396 g/mol. The second-order valence-electron chi connectivity index (χ2n) is 7.56. The Morgan fingerprint density at radius 2 is 1.89 bits per heavy atom. The number of carbonyl (C=O) groups is 1. The predicted octanol–water partition coefficient (Wildman–Crippen LogP) is 3.05. The fraction of sp³-hybridized carbons (Fsp3) is 0.400. The summed E-state index contributed by atoms with van der Waals surface area (Å²) in [6.07, 6.45) is 4.28. The van der Waals surface area contributed by atoms with Crippen molar-refractivity contribution in [1.82, 2.24) is 25.1 Å². The summed E-state index contributed by atoms with van der Waals surface area (Å²) in [5, 5.41) is 17.1. The maximum absolute atomic E-state index is 12.5. The Bertz CT molecular complexity index is 1010. The Balaban J connectivity index is 1.31. The maximum Gasteiger partial charge on any atom is 0.251 e. The number of fused-ring (bicyclic) bond motifs is 1. The summed E-state index contributed by atoms with van der Waals surface area (Å²) < 4.78 is 1.88. The lowest BCUT2D eigenvalue weighted by Gasteiger charge is -2.33. The third kappa shape index (κ3) is 3.42. The molecule has 144 valence electrons. The third-order valence-electron chi connectivity index (χ3n) is 5.40. The number of nitrogens with one attached hydrogen (secondary N) is 1. The number of anilines is 1. The number of rotatable bonds is 4. The van der Waals surface area contributed by atoms with E-state index in [0.29, 0.717) is 16.5 Å². The van der Waals surface area contributed by atoms with Gasteiger partial charge in [-0.2, -0.15) is 4.52 Å². The summed E-state index contributed by atoms with van der Waals surface area (Å²) in [4.78, 5) is 14.8. The van der Waals surface area contributed by atoms with Gasteiger partial charge < -0.3 is 10.2 Å². The minimum atomic E-state index is -0.0678. The first kappa shape index (κ1) is 17.4. The Morgan fingerprint density at radius 1 is 1.07 bits per heavy atom. The molecule has 5 rings (SSSR count). The molecule has 1 amide bonds. The first-order chi connectivity index (χ1) is 13.7. The van der Waals surface area contributed by atoms with E-state index in [1.54, 1.807) is 24.3 Å². The first-order valence-electron chi connectivity index (χ1n) is 9.71. The van der Waals surface area contributed by atoms with Crippen molar-refractivity contribution in [3.05, 3.63) is 52.8 Å². The molecule has 1 N–H and O–H groups in total. The van der Waals surface area contributed by atoms with E-state index >= 15 is 0 Å². The van der Waals surface area contributed by atoms with Gasteiger partial charge in [0.2, 0.25) is 0 Å². The minimum Gasteiger partial charge on any atom is -0.353 e. The van der Waals surface area contributed by atoms with Crippen LogP contribution in [0.15, 0.2) is 36.4 Å². The highest BCUT2D eigenvalue weighted by atomic mass is 35.5. The molecule has 2 aliphatic rings. The lowest BCUT2D eigenvalue weighted by Crippen LogP contribution is -2.48. The van der Waals surface area contributed by atoms with Crippen molar-refractivity contribution in [2.45, 2.75) is 37.6 Å². The van der Waals surface area contributed by atoms with Gasteiger partial charge in [-0.3, -0.25) is 4.79 Å². The fourth-order valence-electron chi connectivity index (χ4n) is 3.73. The quantitative estimate of drug-likeness (QED) is 0.733. The number of carbonyl (C=O) groups excluding carboxylic acids is 1. The Hall–Kier alpha value is -2.67. The molecule has 0 radical (unpaired) electrons. The fourth-order valence-corrected chi connectivity index (χ4v) is 3.86. The van der Waals surface area contributed by atoms with Crippen LogP contribution in [0.4, 0.5) is 5.82 Å². The molecular weight excluding hydrogens is 376 g/mol. The number of amides is 1. The molecule has 2 fully saturated rings. The minimum absolute atomic E-state index is 0.0678. The summed E-state index contributed by atoms with van der Waals surface area (Å²) >= 11 is 5.91. The highest BCUT2D eigenvalue weighted by Crippen LogP contribution is 2.38. The van der Waals surface area contributed by atoms with Crippen molar-refractivity contribution in [2.75, 3.05) is 18.0 Å². The number of hydrogen-bond donors (Lipinski definition) is 1. The molecule has 0 spiro atoms. The molecule has 1 saturated carbocycles. The van der Waals surface area contributed by atoms with E-state index in [1.807, 2.05) is 16.6 Å². The van der Waals surface area contributed by atoms with E-state index in [1.165, 1.54) is 0 Å². The van der Waals surface area contributed by atoms with E-state index in [0.717, 1.165) is 56.1 Å². The van der Waals surface area contributed by atoms with Crippen molar-refractivity contribution in [2.24, 2.45) is 0 Å². The topological polar surface area (TPSA) is 75.4 Å². The summed E-state index contributed by atoms with van der Waals surface area (Å²) in [5.41, 5.74) is 1.41.